The second-order valence-corrected chi connectivity index (χ2v) is 4.35. The van der Waals surface area contributed by atoms with Crippen LogP contribution in [0.1, 0.15) is 18.9 Å². The first kappa shape index (κ1) is 13.3. The Morgan fingerprint density at radius 2 is 1.42 bits per heavy atom. The van der Waals surface area contributed by atoms with Gasteiger partial charge >= 0.3 is 0 Å². The molecular formula is C16H19NO2. The van der Waals surface area contributed by atoms with Crippen LogP contribution < -0.4 is 15.2 Å². The SMILES string of the molecule is CCCOc1ccc(OCc2ccc(N)cc2)cc1. The number of ether oxygens (including phenoxy) is 2. The molecule has 0 aliphatic carbocycles. The molecule has 0 spiro atoms. The first-order valence-electron chi connectivity index (χ1n) is 6.48. The molecule has 100 valence electrons. The molecule has 2 aromatic carbocycles. The molecule has 2 aromatic rings. The van der Waals surface area contributed by atoms with Gasteiger partial charge in [-0.2, -0.15) is 0 Å². The Hall–Kier alpha value is -2.16. The summed E-state index contributed by atoms with van der Waals surface area (Å²) in [7, 11) is 0. The number of rotatable bonds is 6. The topological polar surface area (TPSA) is 44.5 Å². The lowest BCUT2D eigenvalue weighted by molar-refractivity contribution is 0.301. The van der Waals surface area contributed by atoms with Crippen LogP contribution in [0.3, 0.4) is 0 Å². The van der Waals surface area contributed by atoms with Crippen LogP contribution in [0.25, 0.3) is 0 Å². The number of benzene rings is 2. The molecule has 3 nitrogen and oxygen atoms in total. The van der Waals surface area contributed by atoms with E-state index in [1.165, 1.54) is 0 Å². The molecule has 0 unspecified atom stereocenters. The molecule has 2 rings (SSSR count). The zero-order valence-corrected chi connectivity index (χ0v) is 11.1. The fourth-order valence-electron chi connectivity index (χ4n) is 1.63. The predicted molar refractivity (Wildman–Crippen MR) is 77.4 cm³/mol. The molecular weight excluding hydrogens is 238 g/mol. The molecule has 0 aromatic heterocycles. The quantitative estimate of drug-likeness (QED) is 0.803. The summed E-state index contributed by atoms with van der Waals surface area (Å²) in [4.78, 5) is 0. The molecule has 0 atom stereocenters. The summed E-state index contributed by atoms with van der Waals surface area (Å²) in [5.74, 6) is 1.71. The lowest BCUT2D eigenvalue weighted by Gasteiger charge is -2.08. The highest BCUT2D eigenvalue weighted by atomic mass is 16.5. The zero-order chi connectivity index (χ0) is 13.5. The highest BCUT2D eigenvalue weighted by Gasteiger charge is 1.98. The Labute approximate surface area is 114 Å². The van der Waals surface area contributed by atoms with Crippen molar-refractivity contribution in [1.29, 1.82) is 0 Å². The van der Waals surface area contributed by atoms with Crippen molar-refractivity contribution in [2.24, 2.45) is 0 Å². The van der Waals surface area contributed by atoms with E-state index in [0.29, 0.717) is 6.61 Å². The molecule has 0 aliphatic heterocycles. The fourth-order valence-corrected chi connectivity index (χ4v) is 1.63. The van der Waals surface area contributed by atoms with Gasteiger partial charge in [0.1, 0.15) is 18.1 Å². The third kappa shape index (κ3) is 4.21. The van der Waals surface area contributed by atoms with Gasteiger partial charge in [0.15, 0.2) is 0 Å². The van der Waals surface area contributed by atoms with Crippen LogP contribution in [-0.2, 0) is 6.61 Å². The van der Waals surface area contributed by atoms with Crippen LogP contribution in [0, 0.1) is 0 Å². The molecule has 0 bridgehead atoms. The summed E-state index contributed by atoms with van der Waals surface area (Å²) in [5, 5.41) is 0. The molecule has 0 amide bonds. The average molecular weight is 257 g/mol. The molecule has 0 saturated carbocycles. The maximum atomic E-state index is 5.70. The Balaban J connectivity index is 1.87. The second kappa shape index (κ2) is 6.69. The Morgan fingerprint density at radius 1 is 0.842 bits per heavy atom. The van der Waals surface area contributed by atoms with Gasteiger partial charge in [0.05, 0.1) is 6.61 Å². The van der Waals surface area contributed by atoms with E-state index in [1.54, 1.807) is 0 Å². The second-order valence-electron chi connectivity index (χ2n) is 4.35. The molecule has 0 aliphatic rings. The molecule has 0 fully saturated rings. The van der Waals surface area contributed by atoms with Gasteiger partial charge in [0.2, 0.25) is 0 Å². The highest BCUT2D eigenvalue weighted by Crippen LogP contribution is 2.19. The van der Waals surface area contributed by atoms with E-state index in [-0.39, 0.29) is 0 Å². The Kier molecular flexibility index (Phi) is 4.67. The van der Waals surface area contributed by atoms with E-state index in [1.807, 2.05) is 48.5 Å². The van der Waals surface area contributed by atoms with E-state index < -0.39 is 0 Å². The predicted octanol–water partition coefficient (Wildman–Crippen LogP) is 3.64. The minimum atomic E-state index is 0.537. The van der Waals surface area contributed by atoms with E-state index in [0.717, 1.165) is 35.8 Å². The molecule has 0 heterocycles. The minimum Gasteiger partial charge on any atom is -0.494 e. The lowest BCUT2D eigenvalue weighted by atomic mass is 10.2. The van der Waals surface area contributed by atoms with E-state index in [2.05, 4.69) is 6.92 Å². The van der Waals surface area contributed by atoms with Gasteiger partial charge in [-0.05, 0) is 48.4 Å². The van der Waals surface area contributed by atoms with Crippen LogP contribution in [0.15, 0.2) is 48.5 Å². The summed E-state index contributed by atoms with van der Waals surface area (Å²) >= 11 is 0. The van der Waals surface area contributed by atoms with Gasteiger partial charge in [-0.15, -0.1) is 0 Å². The number of nitrogen functional groups attached to an aromatic ring is 1. The van der Waals surface area contributed by atoms with Crippen molar-refractivity contribution in [3.8, 4) is 11.5 Å². The number of hydrogen-bond acceptors (Lipinski definition) is 3. The highest BCUT2D eigenvalue weighted by molar-refractivity contribution is 5.39. The molecule has 3 heteroatoms. The van der Waals surface area contributed by atoms with Crippen molar-refractivity contribution in [1.82, 2.24) is 0 Å². The van der Waals surface area contributed by atoms with Crippen molar-refractivity contribution in [2.45, 2.75) is 20.0 Å². The maximum Gasteiger partial charge on any atom is 0.120 e. The van der Waals surface area contributed by atoms with Gasteiger partial charge in [-0.25, -0.2) is 0 Å². The number of hydrogen-bond donors (Lipinski definition) is 1. The van der Waals surface area contributed by atoms with E-state index in [4.69, 9.17) is 15.2 Å². The van der Waals surface area contributed by atoms with Gasteiger partial charge < -0.3 is 15.2 Å². The van der Waals surface area contributed by atoms with Crippen LogP contribution >= 0.6 is 0 Å². The monoisotopic (exact) mass is 257 g/mol. The van der Waals surface area contributed by atoms with Gasteiger partial charge in [-0.3, -0.25) is 0 Å². The largest absolute Gasteiger partial charge is 0.494 e. The van der Waals surface area contributed by atoms with Crippen LogP contribution in [0.4, 0.5) is 5.69 Å². The zero-order valence-electron chi connectivity index (χ0n) is 11.1. The Morgan fingerprint density at radius 3 is 2.00 bits per heavy atom. The molecule has 19 heavy (non-hydrogen) atoms. The summed E-state index contributed by atoms with van der Waals surface area (Å²) < 4.78 is 11.2. The molecule has 2 N–H and O–H groups in total. The van der Waals surface area contributed by atoms with Crippen molar-refractivity contribution in [3.05, 3.63) is 54.1 Å². The summed E-state index contributed by atoms with van der Waals surface area (Å²) in [6, 6.07) is 15.4. The first-order chi connectivity index (χ1) is 9.28. The van der Waals surface area contributed by atoms with Crippen molar-refractivity contribution < 1.29 is 9.47 Å². The van der Waals surface area contributed by atoms with Crippen LogP contribution in [0.5, 0.6) is 11.5 Å². The van der Waals surface area contributed by atoms with Gasteiger partial charge in [-0.1, -0.05) is 19.1 Å². The fraction of sp³-hybridized carbons (Fsp3) is 0.250. The van der Waals surface area contributed by atoms with E-state index >= 15 is 0 Å². The van der Waals surface area contributed by atoms with Gasteiger partial charge in [0.25, 0.3) is 0 Å². The number of nitrogens with two attached hydrogens (primary N) is 1. The third-order valence-electron chi connectivity index (χ3n) is 2.68. The minimum absolute atomic E-state index is 0.537. The third-order valence-corrected chi connectivity index (χ3v) is 2.68. The molecule has 0 saturated heterocycles. The summed E-state index contributed by atoms with van der Waals surface area (Å²) in [5.41, 5.74) is 7.50. The summed E-state index contributed by atoms with van der Waals surface area (Å²) in [6.45, 7) is 3.37. The van der Waals surface area contributed by atoms with E-state index in [9.17, 15) is 0 Å². The van der Waals surface area contributed by atoms with Gasteiger partial charge in [0, 0.05) is 5.69 Å². The van der Waals surface area contributed by atoms with Crippen LogP contribution in [-0.4, -0.2) is 6.61 Å². The standard InChI is InChI=1S/C16H19NO2/c1-2-11-18-15-7-9-16(10-8-15)19-12-13-3-5-14(17)6-4-13/h3-10H,2,11-12,17H2,1H3. The average Bonchev–Trinajstić information content (AvgIpc) is 2.46. The van der Waals surface area contributed by atoms with Crippen LogP contribution in [0.2, 0.25) is 0 Å². The van der Waals surface area contributed by atoms with Crippen molar-refractivity contribution in [3.63, 3.8) is 0 Å². The van der Waals surface area contributed by atoms with Crippen molar-refractivity contribution >= 4 is 5.69 Å². The number of anilines is 1. The normalized spacial score (nSPS) is 10.2. The maximum absolute atomic E-state index is 5.70. The molecule has 0 radical (unpaired) electrons. The first-order valence-corrected chi connectivity index (χ1v) is 6.48. The smallest absolute Gasteiger partial charge is 0.120 e. The van der Waals surface area contributed by atoms with Crippen molar-refractivity contribution in [2.75, 3.05) is 12.3 Å². The Bertz CT molecular complexity index is 491. The summed E-state index contributed by atoms with van der Waals surface area (Å²) in [6.07, 6.45) is 1.01. The lowest BCUT2D eigenvalue weighted by Crippen LogP contribution is -1.97.